The summed E-state index contributed by atoms with van der Waals surface area (Å²) >= 11 is 0. The quantitative estimate of drug-likeness (QED) is 0.350. The zero-order chi connectivity index (χ0) is 19.6. The Morgan fingerprint density at radius 2 is 1.44 bits per heavy atom. The van der Waals surface area contributed by atoms with Crippen LogP contribution in [0.15, 0.2) is 59.9 Å². The van der Waals surface area contributed by atoms with Crippen molar-refractivity contribution >= 4 is 11.6 Å². The number of aromatic nitrogens is 1. The molecule has 0 amide bonds. The smallest absolute Gasteiger partial charge is 0.164 e. The maximum absolute atomic E-state index is 12.4. The number of pyridine rings is 1. The number of nitroso groups, excluding NO2 is 1. The van der Waals surface area contributed by atoms with Crippen molar-refractivity contribution in [2.45, 2.75) is 20.8 Å². The average Bonchev–Trinajstić information content (AvgIpc) is 2.67. The molecule has 1 aromatic heterocycles. The second-order valence-electron chi connectivity index (χ2n) is 6.65. The van der Waals surface area contributed by atoms with E-state index >= 15 is 0 Å². The molecule has 1 heterocycles. The molecule has 0 spiro atoms. The first-order valence-electron chi connectivity index (χ1n) is 8.67. The Kier molecular flexibility index (Phi) is 5.12. The minimum Gasteiger partial charge on any atom is -0.294 e. The van der Waals surface area contributed by atoms with Gasteiger partial charge in [-0.3, -0.25) is 4.79 Å². The Morgan fingerprint density at radius 1 is 0.926 bits per heavy atom. The number of carbonyl (C=O) groups is 1. The molecular weight excluding hydrogens is 338 g/mol. The van der Waals surface area contributed by atoms with E-state index in [0.717, 1.165) is 32.8 Å². The van der Waals surface area contributed by atoms with E-state index in [4.69, 9.17) is 0 Å². The van der Waals surface area contributed by atoms with Crippen LogP contribution in [0.2, 0.25) is 0 Å². The topological polar surface area (TPSA) is 62.6 Å². The van der Waals surface area contributed by atoms with Crippen LogP contribution in [0.5, 0.6) is 0 Å². The Bertz CT molecular complexity index is 993. The molecule has 0 saturated carbocycles. The van der Waals surface area contributed by atoms with Crippen molar-refractivity contribution in [1.82, 2.24) is 4.98 Å². The summed E-state index contributed by atoms with van der Waals surface area (Å²) in [6.07, 6.45) is 0. The summed E-state index contributed by atoms with van der Waals surface area (Å²) in [5.41, 5.74) is 5.87. The van der Waals surface area contributed by atoms with Gasteiger partial charge < -0.3 is 0 Å². The molecule has 0 atom stereocenters. The lowest BCUT2D eigenvalue weighted by Crippen LogP contribution is -2.15. The van der Waals surface area contributed by atoms with Gasteiger partial charge >= 0.3 is 0 Å². The van der Waals surface area contributed by atoms with Crippen LogP contribution in [0.25, 0.3) is 22.4 Å². The van der Waals surface area contributed by atoms with Crippen molar-refractivity contribution in [2.24, 2.45) is 5.29 Å². The number of aryl methyl sites for hydroxylation is 2. The van der Waals surface area contributed by atoms with Crippen LogP contribution in [0.4, 0.5) is 5.82 Å². The van der Waals surface area contributed by atoms with E-state index in [1.54, 1.807) is 0 Å². The monoisotopic (exact) mass is 359 g/mol. The highest BCUT2D eigenvalue weighted by atomic mass is 16.3. The third-order valence-electron chi connectivity index (χ3n) is 4.49. The van der Waals surface area contributed by atoms with E-state index in [1.165, 1.54) is 14.0 Å². The minimum absolute atomic E-state index is 0.168. The molecule has 0 saturated heterocycles. The summed E-state index contributed by atoms with van der Waals surface area (Å²) in [7, 11) is 1.50. The van der Waals surface area contributed by atoms with E-state index in [2.05, 4.69) is 10.3 Å². The fourth-order valence-corrected chi connectivity index (χ4v) is 2.98. The molecule has 0 bridgehead atoms. The van der Waals surface area contributed by atoms with E-state index in [9.17, 15) is 9.70 Å². The molecule has 3 rings (SSSR count). The maximum atomic E-state index is 12.4. The van der Waals surface area contributed by atoms with Gasteiger partial charge in [0.05, 0.1) is 16.5 Å². The third-order valence-corrected chi connectivity index (χ3v) is 4.49. The van der Waals surface area contributed by atoms with Gasteiger partial charge in [-0.2, -0.15) is 0 Å². The number of nitrogens with zero attached hydrogens (tertiary/aromatic N) is 3. The summed E-state index contributed by atoms with van der Waals surface area (Å²) < 4.78 is 0. The van der Waals surface area contributed by atoms with Crippen LogP contribution in [0.1, 0.15) is 28.4 Å². The number of carbonyl (C=O) groups excluding carboxylic acids is 1. The fraction of sp³-hybridized carbons (Fsp3) is 0.182. The number of rotatable bonds is 5. The highest BCUT2D eigenvalue weighted by molar-refractivity contribution is 6.06. The average molecular weight is 359 g/mol. The van der Waals surface area contributed by atoms with Gasteiger partial charge in [-0.05, 0) is 38.0 Å². The van der Waals surface area contributed by atoms with Crippen molar-refractivity contribution < 1.29 is 4.79 Å². The first-order valence-corrected chi connectivity index (χ1v) is 8.67. The molecule has 5 nitrogen and oxygen atoms in total. The minimum atomic E-state index is -0.168. The van der Waals surface area contributed by atoms with E-state index < -0.39 is 0 Å². The number of ketones is 1. The molecule has 0 radical (unpaired) electrons. The van der Waals surface area contributed by atoms with Gasteiger partial charge in [-0.25, -0.2) is 9.99 Å². The predicted molar refractivity (Wildman–Crippen MR) is 109 cm³/mol. The van der Waals surface area contributed by atoms with Crippen molar-refractivity contribution in [3.63, 3.8) is 0 Å². The van der Waals surface area contributed by atoms with Crippen LogP contribution in [-0.4, -0.2) is 17.8 Å². The van der Waals surface area contributed by atoms with Crippen LogP contribution in [0.3, 0.4) is 0 Å². The zero-order valence-electron chi connectivity index (χ0n) is 15.9. The Labute approximate surface area is 158 Å². The van der Waals surface area contributed by atoms with Crippen molar-refractivity contribution in [3.8, 4) is 22.4 Å². The lowest BCUT2D eigenvalue weighted by Gasteiger charge is -2.18. The Morgan fingerprint density at radius 3 is 1.93 bits per heavy atom. The largest absolute Gasteiger partial charge is 0.294 e. The van der Waals surface area contributed by atoms with Gasteiger partial charge in [-0.1, -0.05) is 59.7 Å². The summed E-state index contributed by atoms with van der Waals surface area (Å²) in [5.74, 6) is 0.0881. The molecule has 136 valence electrons. The summed E-state index contributed by atoms with van der Waals surface area (Å²) in [6, 6.07) is 17.8. The van der Waals surface area contributed by atoms with E-state index in [1.807, 2.05) is 68.4 Å². The molecule has 0 fully saturated rings. The maximum Gasteiger partial charge on any atom is 0.164 e. The van der Waals surface area contributed by atoms with Gasteiger partial charge in [0.2, 0.25) is 0 Å². The molecule has 0 unspecified atom stereocenters. The first-order chi connectivity index (χ1) is 12.9. The Balaban J connectivity index is 2.32. The van der Waals surface area contributed by atoms with Crippen LogP contribution >= 0.6 is 0 Å². The van der Waals surface area contributed by atoms with Gasteiger partial charge in [0.25, 0.3) is 0 Å². The van der Waals surface area contributed by atoms with Crippen molar-refractivity contribution in [1.29, 1.82) is 0 Å². The molecule has 5 heteroatoms. The lowest BCUT2D eigenvalue weighted by molar-refractivity contribution is 0.101. The highest BCUT2D eigenvalue weighted by Gasteiger charge is 2.21. The molecule has 3 aromatic rings. The standard InChI is InChI=1S/C22H21N3O2/c1-14-5-9-17(10-6-14)19-13-20(18-11-7-15(2)8-12-18)23-22(25(4)24-27)21(19)16(3)26/h5-13H,1-4H3. The molecule has 0 aliphatic heterocycles. The molecule has 0 N–H and O–H groups in total. The van der Waals surface area contributed by atoms with Crippen LogP contribution < -0.4 is 5.01 Å². The Hall–Kier alpha value is -3.34. The fourth-order valence-electron chi connectivity index (χ4n) is 2.98. The molecule has 0 aliphatic carbocycles. The number of benzene rings is 2. The molecule has 0 aliphatic rings. The predicted octanol–water partition coefficient (Wildman–Crippen LogP) is 5.35. The number of hydrogen-bond acceptors (Lipinski definition) is 4. The first kappa shape index (κ1) is 18.5. The highest BCUT2D eigenvalue weighted by Crippen LogP contribution is 2.34. The summed E-state index contributed by atoms with van der Waals surface area (Å²) in [4.78, 5) is 28.2. The number of Topliss-reactive ketones (excluding diaryl/α,β-unsaturated/α-hetero) is 1. The van der Waals surface area contributed by atoms with Gasteiger partial charge in [0, 0.05) is 12.6 Å². The van der Waals surface area contributed by atoms with Gasteiger partial charge in [-0.15, -0.1) is 4.91 Å². The van der Waals surface area contributed by atoms with Crippen molar-refractivity contribution in [2.75, 3.05) is 12.1 Å². The summed E-state index contributed by atoms with van der Waals surface area (Å²) in [5, 5.41) is 4.07. The second-order valence-corrected chi connectivity index (χ2v) is 6.65. The summed E-state index contributed by atoms with van der Waals surface area (Å²) in [6.45, 7) is 5.50. The second kappa shape index (κ2) is 7.50. The normalized spacial score (nSPS) is 10.5. The van der Waals surface area contributed by atoms with E-state index in [0.29, 0.717) is 11.3 Å². The third kappa shape index (κ3) is 3.77. The molecule has 2 aromatic carbocycles. The lowest BCUT2D eigenvalue weighted by atomic mass is 9.95. The van der Waals surface area contributed by atoms with Crippen molar-refractivity contribution in [3.05, 3.63) is 76.2 Å². The van der Waals surface area contributed by atoms with Gasteiger partial charge in [0.15, 0.2) is 11.6 Å². The number of hydrogen-bond donors (Lipinski definition) is 0. The molecule has 27 heavy (non-hydrogen) atoms. The van der Waals surface area contributed by atoms with Crippen LogP contribution in [-0.2, 0) is 0 Å². The van der Waals surface area contributed by atoms with E-state index in [-0.39, 0.29) is 11.6 Å². The zero-order valence-corrected chi connectivity index (χ0v) is 15.9. The number of anilines is 1. The van der Waals surface area contributed by atoms with Gasteiger partial charge in [0.1, 0.15) is 0 Å². The van der Waals surface area contributed by atoms with Crippen LogP contribution in [0, 0.1) is 18.8 Å². The SMILES string of the molecule is CC(=O)c1c(-c2ccc(C)cc2)cc(-c2ccc(C)cc2)nc1N(C)N=O. The molecular formula is C22H21N3O2.